The van der Waals surface area contributed by atoms with Gasteiger partial charge in [-0.15, -0.1) is 12.4 Å². The number of nitrogens with zero attached hydrogens (tertiary/aromatic N) is 1. The summed E-state index contributed by atoms with van der Waals surface area (Å²) < 4.78 is 0. The van der Waals surface area contributed by atoms with Crippen LogP contribution < -0.4 is 5.73 Å². The maximum absolute atomic E-state index is 11.3. The number of carbonyl (C=O) groups is 1. The number of amides is 1. The fourth-order valence-electron chi connectivity index (χ4n) is 1.33. The van der Waals surface area contributed by atoms with Gasteiger partial charge in [-0.2, -0.15) is 0 Å². The molecule has 0 spiro atoms. The molecule has 1 aliphatic rings. The molecule has 12 heavy (non-hydrogen) atoms. The summed E-state index contributed by atoms with van der Waals surface area (Å²) in [5, 5.41) is 0. The smallest absolute Gasteiger partial charge is 0.239 e. The van der Waals surface area contributed by atoms with E-state index in [0.29, 0.717) is 0 Å². The molecule has 1 amide bonds. The molecular formula is C8H17ClN2O. The van der Waals surface area contributed by atoms with Crippen LogP contribution in [-0.4, -0.2) is 28.9 Å². The molecule has 0 bridgehead atoms. The minimum Gasteiger partial charge on any atom is -0.336 e. The zero-order valence-corrected chi connectivity index (χ0v) is 8.65. The van der Waals surface area contributed by atoms with Crippen LogP contribution in [0.5, 0.6) is 0 Å². The molecule has 2 N–H and O–H groups in total. The normalized spacial score (nSPS) is 22.2. The Bertz CT molecular complexity index is 180. The molecule has 0 aromatic heterocycles. The second kappa shape index (κ2) is 3.62. The van der Waals surface area contributed by atoms with Crippen LogP contribution >= 0.6 is 12.4 Å². The summed E-state index contributed by atoms with van der Waals surface area (Å²) in [6, 6.07) is -0.352. The molecule has 1 fully saturated rings. The van der Waals surface area contributed by atoms with Crippen LogP contribution in [-0.2, 0) is 4.79 Å². The fraction of sp³-hybridized carbons (Fsp3) is 0.875. The lowest BCUT2D eigenvalue weighted by Crippen LogP contribution is -2.61. The number of rotatable bonds is 1. The predicted molar refractivity (Wildman–Crippen MR) is 51.3 cm³/mol. The van der Waals surface area contributed by atoms with E-state index in [-0.39, 0.29) is 29.9 Å². The third-order valence-corrected chi connectivity index (χ3v) is 2.33. The van der Waals surface area contributed by atoms with Crippen molar-refractivity contribution < 1.29 is 4.79 Å². The highest BCUT2D eigenvalue weighted by molar-refractivity contribution is 5.85. The first-order valence-corrected chi connectivity index (χ1v) is 4.02. The van der Waals surface area contributed by atoms with Crippen LogP contribution in [0.15, 0.2) is 0 Å². The number of hydrogen-bond acceptors (Lipinski definition) is 2. The van der Waals surface area contributed by atoms with Crippen LogP contribution in [0.2, 0.25) is 0 Å². The molecule has 0 unspecified atom stereocenters. The summed E-state index contributed by atoms with van der Waals surface area (Å²) in [7, 11) is 0. The van der Waals surface area contributed by atoms with E-state index in [9.17, 15) is 4.79 Å². The predicted octanol–water partition coefficient (Wildman–Crippen LogP) is 0.766. The van der Waals surface area contributed by atoms with Gasteiger partial charge in [-0.3, -0.25) is 4.79 Å². The molecule has 1 aliphatic heterocycles. The molecule has 0 saturated carbocycles. The lowest BCUT2D eigenvalue weighted by Gasteiger charge is -2.49. The third kappa shape index (κ3) is 1.90. The monoisotopic (exact) mass is 192 g/mol. The Morgan fingerprint density at radius 1 is 1.58 bits per heavy atom. The Morgan fingerprint density at radius 2 is 2.08 bits per heavy atom. The Kier molecular flexibility index (Phi) is 3.54. The van der Waals surface area contributed by atoms with Crippen molar-refractivity contribution >= 4 is 18.3 Å². The van der Waals surface area contributed by atoms with Gasteiger partial charge in [-0.1, -0.05) is 0 Å². The SMILES string of the molecule is C[C@H](N)C(=O)N1CCC1(C)C.Cl. The zero-order valence-electron chi connectivity index (χ0n) is 7.83. The molecule has 0 radical (unpaired) electrons. The fourth-order valence-corrected chi connectivity index (χ4v) is 1.33. The zero-order chi connectivity index (χ0) is 8.65. The molecular weight excluding hydrogens is 176 g/mol. The van der Waals surface area contributed by atoms with E-state index in [2.05, 4.69) is 13.8 Å². The van der Waals surface area contributed by atoms with Gasteiger partial charge >= 0.3 is 0 Å². The molecule has 3 nitrogen and oxygen atoms in total. The van der Waals surface area contributed by atoms with Gasteiger partial charge < -0.3 is 10.6 Å². The highest BCUT2D eigenvalue weighted by atomic mass is 35.5. The van der Waals surface area contributed by atoms with E-state index in [1.807, 2.05) is 4.90 Å². The number of hydrogen-bond donors (Lipinski definition) is 1. The van der Waals surface area contributed by atoms with Crippen LogP contribution in [0.4, 0.5) is 0 Å². The lowest BCUT2D eigenvalue weighted by molar-refractivity contribution is -0.145. The van der Waals surface area contributed by atoms with E-state index in [1.165, 1.54) is 0 Å². The second-order valence-corrected chi connectivity index (χ2v) is 3.84. The number of likely N-dealkylation sites (tertiary alicyclic amines) is 1. The number of nitrogens with two attached hydrogens (primary N) is 1. The third-order valence-electron chi connectivity index (χ3n) is 2.33. The Hall–Kier alpha value is -0.280. The summed E-state index contributed by atoms with van der Waals surface area (Å²) in [5.41, 5.74) is 5.52. The molecule has 1 rings (SSSR count). The van der Waals surface area contributed by atoms with Crippen LogP contribution in [0.25, 0.3) is 0 Å². The van der Waals surface area contributed by atoms with Crippen molar-refractivity contribution in [3.05, 3.63) is 0 Å². The van der Waals surface area contributed by atoms with Gasteiger partial charge in [0.15, 0.2) is 0 Å². The molecule has 1 atom stereocenters. The quantitative estimate of drug-likeness (QED) is 0.667. The van der Waals surface area contributed by atoms with Gasteiger partial charge in [0.2, 0.25) is 5.91 Å². The molecule has 1 heterocycles. The van der Waals surface area contributed by atoms with Gasteiger partial charge in [0, 0.05) is 12.1 Å². The lowest BCUT2D eigenvalue weighted by atomic mass is 9.88. The molecule has 1 saturated heterocycles. The van der Waals surface area contributed by atoms with Crippen LogP contribution in [0.3, 0.4) is 0 Å². The highest BCUT2D eigenvalue weighted by Crippen LogP contribution is 2.29. The molecule has 0 aromatic rings. The van der Waals surface area contributed by atoms with Crippen molar-refractivity contribution in [1.82, 2.24) is 4.90 Å². The summed E-state index contributed by atoms with van der Waals surface area (Å²) >= 11 is 0. The Labute approximate surface area is 79.7 Å². The number of halogens is 1. The first-order chi connectivity index (χ1) is 4.95. The van der Waals surface area contributed by atoms with Crippen LogP contribution in [0.1, 0.15) is 27.2 Å². The first kappa shape index (κ1) is 11.7. The van der Waals surface area contributed by atoms with E-state index < -0.39 is 0 Å². The van der Waals surface area contributed by atoms with Gasteiger partial charge in [0.25, 0.3) is 0 Å². The first-order valence-electron chi connectivity index (χ1n) is 4.02. The van der Waals surface area contributed by atoms with E-state index in [0.717, 1.165) is 13.0 Å². The average molecular weight is 193 g/mol. The van der Waals surface area contributed by atoms with E-state index in [4.69, 9.17) is 5.73 Å². The number of carbonyl (C=O) groups excluding carboxylic acids is 1. The summed E-state index contributed by atoms with van der Waals surface area (Å²) in [5.74, 6) is 0.0706. The van der Waals surface area contributed by atoms with Crippen molar-refractivity contribution in [3.8, 4) is 0 Å². The summed E-state index contributed by atoms with van der Waals surface area (Å²) in [6.45, 7) is 6.73. The average Bonchev–Trinajstić information content (AvgIpc) is 1.85. The van der Waals surface area contributed by atoms with Crippen molar-refractivity contribution in [2.24, 2.45) is 5.73 Å². The Morgan fingerprint density at radius 3 is 2.17 bits per heavy atom. The molecule has 72 valence electrons. The van der Waals surface area contributed by atoms with Crippen molar-refractivity contribution in [2.45, 2.75) is 38.8 Å². The molecule has 4 heteroatoms. The van der Waals surface area contributed by atoms with Gasteiger partial charge in [0.05, 0.1) is 6.04 Å². The standard InChI is InChI=1S/C8H16N2O.ClH/c1-6(9)7(11)10-5-4-8(10,2)3;/h6H,4-5,9H2,1-3H3;1H/t6-;/m0./s1. The van der Waals surface area contributed by atoms with Crippen molar-refractivity contribution in [2.75, 3.05) is 6.54 Å². The second-order valence-electron chi connectivity index (χ2n) is 3.84. The van der Waals surface area contributed by atoms with Crippen molar-refractivity contribution in [1.29, 1.82) is 0 Å². The van der Waals surface area contributed by atoms with Gasteiger partial charge in [0.1, 0.15) is 0 Å². The summed E-state index contributed by atoms with van der Waals surface area (Å²) in [6.07, 6.45) is 1.09. The largest absolute Gasteiger partial charge is 0.336 e. The highest BCUT2D eigenvalue weighted by Gasteiger charge is 2.39. The minimum atomic E-state index is -0.352. The molecule has 0 aromatic carbocycles. The van der Waals surface area contributed by atoms with Gasteiger partial charge in [-0.05, 0) is 27.2 Å². The van der Waals surface area contributed by atoms with Crippen LogP contribution in [0, 0.1) is 0 Å². The van der Waals surface area contributed by atoms with Crippen molar-refractivity contribution in [3.63, 3.8) is 0 Å². The maximum atomic E-state index is 11.3. The van der Waals surface area contributed by atoms with E-state index in [1.54, 1.807) is 6.92 Å². The van der Waals surface area contributed by atoms with E-state index >= 15 is 0 Å². The topological polar surface area (TPSA) is 46.3 Å². The molecule has 0 aliphatic carbocycles. The summed E-state index contributed by atoms with van der Waals surface area (Å²) in [4.78, 5) is 13.2. The minimum absolute atomic E-state index is 0. The maximum Gasteiger partial charge on any atom is 0.239 e. The Balaban J connectivity index is 0.00000121. The van der Waals surface area contributed by atoms with Gasteiger partial charge in [-0.25, -0.2) is 0 Å².